The summed E-state index contributed by atoms with van der Waals surface area (Å²) in [6, 6.07) is 0.137. The average molecular weight is 292 g/mol. The Morgan fingerprint density at radius 1 is 1.33 bits per heavy atom. The largest absolute Gasteiger partial charge is 0.352 e. The second kappa shape index (κ2) is 5.43. The van der Waals surface area contributed by atoms with Gasteiger partial charge in [-0.1, -0.05) is 13.3 Å². The van der Waals surface area contributed by atoms with Gasteiger partial charge in [0.05, 0.1) is 0 Å². The molecule has 1 saturated heterocycles. The molecule has 3 fully saturated rings. The van der Waals surface area contributed by atoms with Gasteiger partial charge in [0.1, 0.15) is 6.54 Å². The molecule has 0 aromatic heterocycles. The van der Waals surface area contributed by atoms with E-state index in [4.69, 9.17) is 0 Å². The van der Waals surface area contributed by atoms with Crippen LogP contribution in [-0.2, 0) is 14.4 Å². The molecule has 3 aliphatic rings. The summed E-state index contributed by atoms with van der Waals surface area (Å²) in [5.74, 6) is 1.23. The molecule has 5 heteroatoms. The van der Waals surface area contributed by atoms with E-state index in [2.05, 4.69) is 12.2 Å². The van der Waals surface area contributed by atoms with E-state index in [9.17, 15) is 14.4 Å². The van der Waals surface area contributed by atoms with Crippen LogP contribution in [0.5, 0.6) is 0 Å². The molecule has 116 valence electrons. The highest BCUT2D eigenvalue weighted by Crippen LogP contribution is 2.49. The minimum Gasteiger partial charge on any atom is -0.352 e. The molecule has 1 aliphatic heterocycles. The quantitative estimate of drug-likeness (QED) is 0.795. The van der Waals surface area contributed by atoms with Crippen LogP contribution in [0.1, 0.15) is 46.0 Å². The summed E-state index contributed by atoms with van der Waals surface area (Å²) in [5.41, 5.74) is 0. The summed E-state index contributed by atoms with van der Waals surface area (Å²) in [7, 11) is 0. The lowest BCUT2D eigenvalue weighted by molar-refractivity contribution is -0.143. The van der Waals surface area contributed by atoms with Crippen LogP contribution in [-0.4, -0.2) is 35.2 Å². The summed E-state index contributed by atoms with van der Waals surface area (Å²) < 4.78 is 0. The number of hydrogen-bond acceptors (Lipinski definition) is 3. The second-order valence-corrected chi connectivity index (χ2v) is 7.12. The number of nitrogens with zero attached hydrogens (tertiary/aromatic N) is 1. The van der Waals surface area contributed by atoms with E-state index in [1.54, 1.807) is 6.92 Å². The summed E-state index contributed by atoms with van der Waals surface area (Å²) in [4.78, 5) is 36.7. The molecule has 0 aromatic rings. The van der Waals surface area contributed by atoms with Crippen molar-refractivity contribution < 1.29 is 14.4 Å². The highest BCUT2D eigenvalue weighted by molar-refractivity contribution is 6.05. The molecule has 1 N–H and O–H groups in total. The number of fused-ring (bicyclic) bond motifs is 2. The van der Waals surface area contributed by atoms with Crippen molar-refractivity contribution in [3.05, 3.63) is 0 Å². The van der Waals surface area contributed by atoms with Gasteiger partial charge in [0.2, 0.25) is 17.7 Å². The second-order valence-electron chi connectivity index (χ2n) is 7.12. The van der Waals surface area contributed by atoms with Crippen molar-refractivity contribution in [3.8, 4) is 0 Å². The highest BCUT2D eigenvalue weighted by Gasteiger charge is 2.42. The Labute approximate surface area is 125 Å². The van der Waals surface area contributed by atoms with E-state index in [0.717, 1.165) is 16.7 Å². The number of amides is 3. The molecule has 21 heavy (non-hydrogen) atoms. The molecule has 2 saturated carbocycles. The van der Waals surface area contributed by atoms with E-state index < -0.39 is 0 Å². The van der Waals surface area contributed by atoms with E-state index in [0.29, 0.717) is 5.92 Å². The van der Waals surface area contributed by atoms with Gasteiger partial charge in [-0.2, -0.15) is 0 Å². The number of rotatable bonds is 4. The Morgan fingerprint density at radius 2 is 2.10 bits per heavy atom. The first-order valence-electron chi connectivity index (χ1n) is 8.09. The molecule has 3 rings (SSSR count). The molecule has 5 atom stereocenters. The predicted octanol–water partition coefficient (Wildman–Crippen LogP) is 1.32. The van der Waals surface area contributed by atoms with Crippen LogP contribution in [0.2, 0.25) is 0 Å². The third-order valence-electron chi connectivity index (χ3n) is 5.59. The minimum atomic E-state index is -0.284. The van der Waals surface area contributed by atoms with Gasteiger partial charge >= 0.3 is 0 Å². The van der Waals surface area contributed by atoms with E-state index in [1.165, 1.54) is 25.7 Å². The van der Waals surface area contributed by atoms with Crippen molar-refractivity contribution in [2.45, 2.75) is 52.0 Å². The molecule has 5 nitrogen and oxygen atoms in total. The lowest BCUT2D eigenvalue weighted by Crippen LogP contribution is -2.46. The predicted molar refractivity (Wildman–Crippen MR) is 77.0 cm³/mol. The number of hydrogen-bond donors (Lipinski definition) is 1. The summed E-state index contributed by atoms with van der Waals surface area (Å²) >= 11 is 0. The van der Waals surface area contributed by atoms with Gasteiger partial charge in [-0.25, -0.2) is 0 Å². The smallest absolute Gasteiger partial charge is 0.240 e. The van der Waals surface area contributed by atoms with Gasteiger partial charge < -0.3 is 5.32 Å². The highest BCUT2D eigenvalue weighted by atomic mass is 16.2. The molecule has 2 bridgehead atoms. The number of nitrogens with one attached hydrogen (secondary N) is 1. The van der Waals surface area contributed by atoms with E-state index >= 15 is 0 Å². The van der Waals surface area contributed by atoms with Gasteiger partial charge in [-0.05, 0) is 43.9 Å². The van der Waals surface area contributed by atoms with Crippen LogP contribution in [0.3, 0.4) is 0 Å². The molecule has 1 heterocycles. The zero-order chi connectivity index (χ0) is 15.1. The first kappa shape index (κ1) is 14.5. The third-order valence-corrected chi connectivity index (χ3v) is 5.59. The fraction of sp³-hybridized carbons (Fsp3) is 0.812. The molecule has 5 unspecified atom stereocenters. The number of likely N-dealkylation sites (tertiary alicyclic amines) is 1. The summed E-state index contributed by atoms with van der Waals surface area (Å²) in [5, 5.41) is 3.00. The number of carbonyl (C=O) groups is 3. The standard InChI is InChI=1S/C16H24N2O3/c1-9-5-15(20)18(16(9)21)8-14(19)17-10(2)13-7-11-3-4-12(13)6-11/h9-13H,3-8H2,1-2H3,(H,17,19). The van der Waals surface area contributed by atoms with E-state index in [1.807, 2.05) is 0 Å². The van der Waals surface area contributed by atoms with E-state index in [-0.39, 0.29) is 42.6 Å². The van der Waals surface area contributed by atoms with Crippen molar-refractivity contribution in [2.75, 3.05) is 6.54 Å². The monoisotopic (exact) mass is 292 g/mol. The van der Waals surface area contributed by atoms with Gasteiger partial charge in [0, 0.05) is 18.4 Å². The number of imide groups is 1. The normalized spacial score (nSPS) is 36.4. The van der Waals surface area contributed by atoms with Crippen molar-refractivity contribution in [3.63, 3.8) is 0 Å². The van der Waals surface area contributed by atoms with Crippen LogP contribution < -0.4 is 5.32 Å². The molecular weight excluding hydrogens is 268 g/mol. The van der Waals surface area contributed by atoms with Crippen LogP contribution >= 0.6 is 0 Å². The van der Waals surface area contributed by atoms with Crippen LogP contribution in [0, 0.1) is 23.7 Å². The van der Waals surface area contributed by atoms with Crippen molar-refractivity contribution in [1.29, 1.82) is 0 Å². The molecule has 0 radical (unpaired) electrons. The zero-order valence-electron chi connectivity index (χ0n) is 12.8. The Bertz CT molecular complexity index is 476. The summed E-state index contributed by atoms with van der Waals surface area (Å²) in [6.45, 7) is 3.67. The first-order valence-corrected chi connectivity index (χ1v) is 8.09. The maximum Gasteiger partial charge on any atom is 0.240 e. The van der Waals surface area contributed by atoms with Gasteiger partial charge in [0.25, 0.3) is 0 Å². The lowest BCUT2D eigenvalue weighted by Gasteiger charge is -2.29. The Morgan fingerprint density at radius 3 is 2.62 bits per heavy atom. The Hall–Kier alpha value is -1.39. The van der Waals surface area contributed by atoms with Gasteiger partial charge in [0.15, 0.2) is 0 Å². The average Bonchev–Trinajstić information content (AvgIpc) is 3.10. The lowest BCUT2D eigenvalue weighted by atomic mass is 9.84. The first-order chi connectivity index (χ1) is 9.95. The Kier molecular flexibility index (Phi) is 3.76. The molecule has 2 aliphatic carbocycles. The third kappa shape index (κ3) is 2.70. The number of carbonyl (C=O) groups excluding carboxylic acids is 3. The fourth-order valence-electron chi connectivity index (χ4n) is 4.47. The Balaban J connectivity index is 1.52. The molecule has 0 aromatic carbocycles. The summed E-state index contributed by atoms with van der Waals surface area (Å²) in [6.07, 6.45) is 5.39. The maximum atomic E-state index is 12.1. The maximum absolute atomic E-state index is 12.1. The molecular formula is C16H24N2O3. The van der Waals surface area contributed by atoms with Crippen LogP contribution in [0.4, 0.5) is 0 Å². The zero-order valence-corrected chi connectivity index (χ0v) is 12.8. The minimum absolute atomic E-state index is 0.118. The molecule has 0 spiro atoms. The fourth-order valence-corrected chi connectivity index (χ4v) is 4.47. The molecule has 3 amide bonds. The van der Waals surface area contributed by atoms with Crippen LogP contribution in [0.15, 0.2) is 0 Å². The van der Waals surface area contributed by atoms with Crippen molar-refractivity contribution in [1.82, 2.24) is 10.2 Å². The van der Waals surface area contributed by atoms with Crippen molar-refractivity contribution >= 4 is 17.7 Å². The van der Waals surface area contributed by atoms with Crippen LogP contribution in [0.25, 0.3) is 0 Å². The van der Waals surface area contributed by atoms with Gasteiger partial charge in [-0.3, -0.25) is 19.3 Å². The topological polar surface area (TPSA) is 66.5 Å². The van der Waals surface area contributed by atoms with Crippen molar-refractivity contribution in [2.24, 2.45) is 23.7 Å². The van der Waals surface area contributed by atoms with Gasteiger partial charge in [-0.15, -0.1) is 0 Å². The SMILES string of the molecule is CC1CC(=O)N(CC(=O)NC(C)C2CC3CCC2C3)C1=O.